The standard InChI is InChI=1S/C11H12N2O2/c1-8-6-9(4-2-3-5-12)10(11(14)15)13-7-8/h6-7H,3,5,12H2,1H3,(H,14,15). The number of carboxylic acids is 1. The number of aromatic nitrogens is 1. The fraction of sp³-hybridized carbons (Fsp3) is 0.273. The molecule has 0 unspecified atom stereocenters. The SMILES string of the molecule is Cc1cnc(C(=O)O)c(C#CCCN)c1. The Kier molecular flexibility index (Phi) is 3.83. The molecule has 0 aliphatic heterocycles. The van der Waals surface area contributed by atoms with Crippen molar-refractivity contribution in [3.63, 3.8) is 0 Å². The summed E-state index contributed by atoms with van der Waals surface area (Å²) in [6, 6.07) is 1.71. The molecule has 4 heteroatoms. The van der Waals surface area contributed by atoms with E-state index in [4.69, 9.17) is 10.8 Å². The first-order valence-electron chi connectivity index (χ1n) is 4.54. The Morgan fingerprint density at radius 3 is 3.00 bits per heavy atom. The Labute approximate surface area is 88.1 Å². The molecule has 0 radical (unpaired) electrons. The van der Waals surface area contributed by atoms with Gasteiger partial charge in [0.1, 0.15) is 0 Å². The van der Waals surface area contributed by atoms with Gasteiger partial charge in [0.15, 0.2) is 5.69 Å². The number of rotatable bonds is 2. The largest absolute Gasteiger partial charge is 0.476 e. The van der Waals surface area contributed by atoms with Crippen molar-refractivity contribution in [2.75, 3.05) is 6.54 Å². The normalized spacial score (nSPS) is 9.20. The molecule has 78 valence electrons. The maximum atomic E-state index is 10.8. The van der Waals surface area contributed by atoms with Crippen molar-refractivity contribution in [3.8, 4) is 11.8 Å². The second kappa shape index (κ2) is 5.13. The fourth-order valence-corrected chi connectivity index (χ4v) is 1.06. The zero-order valence-corrected chi connectivity index (χ0v) is 8.45. The summed E-state index contributed by atoms with van der Waals surface area (Å²) in [6.07, 6.45) is 2.06. The van der Waals surface area contributed by atoms with E-state index in [1.807, 2.05) is 6.92 Å². The first-order valence-corrected chi connectivity index (χ1v) is 4.54. The van der Waals surface area contributed by atoms with E-state index in [1.54, 1.807) is 6.07 Å². The number of hydrogen-bond acceptors (Lipinski definition) is 3. The lowest BCUT2D eigenvalue weighted by Crippen LogP contribution is -2.04. The van der Waals surface area contributed by atoms with Crippen molar-refractivity contribution >= 4 is 5.97 Å². The Morgan fingerprint density at radius 1 is 1.67 bits per heavy atom. The molecule has 0 saturated carbocycles. The van der Waals surface area contributed by atoms with E-state index in [0.717, 1.165) is 5.56 Å². The average Bonchev–Trinajstić information content (AvgIpc) is 2.18. The highest BCUT2D eigenvalue weighted by Crippen LogP contribution is 2.07. The number of carboxylic acid groups (broad SMARTS) is 1. The van der Waals surface area contributed by atoms with Crippen molar-refractivity contribution in [2.45, 2.75) is 13.3 Å². The van der Waals surface area contributed by atoms with Crippen LogP contribution in [0.4, 0.5) is 0 Å². The van der Waals surface area contributed by atoms with Crippen LogP contribution in [0.15, 0.2) is 12.3 Å². The Bertz CT molecular complexity index is 430. The highest BCUT2D eigenvalue weighted by Gasteiger charge is 2.09. The number of nitrogens with two attached hydrogens (primary N) is 1. The molecule has 3 N–H and O–H groups in total. The molecule has 15 heavy (non-hydrogen) atoms. The lowest BCUT2D eigenvalue weighted by Gasteiger charge is -1.99. The van der Waals surface area contributed by atoms with Crippen molar-refractivity contribution in [1.82, 2.24) is 4.98 Å². The molecule has 1 rings (SSSR count). The molecule has 1 heterocycles. The number of carbonyl (C=O) groups is 1. The van der Waals surface area contributed by atoms with Gasteiger partial charge in [-0.3, -0.25) is 0 Å². The molecule has 0 amide bonds. The zero-order valence-electron chi connectivity index (χ0n) is 8.45. The minimum atomic E-state index is -1.06. The van der Waals surface area contributed by atoms with E-state index in [0.29, 0.717) is 18.5 Å². The minimum Gasteiger partial charge on any atom is -0.476 e. The maximum Gasteiger partial charge on any atom is 0.355 e. The van der Waals surface area contributed by atoms with E-state index >= 15 is 0 Å². The molecular formula is C11H12N2O2. The van der Waals surface area contributed by atoms with Gasteiger partial charge in [0.25, 0.3) is 0 Å². The maximum absolute atomic E-state index is 10.8. The van der Waals surface area contributed by atoms with Crippen LogP contribution in [0.25, 0.3) is 0 Å². The zero-order chi connectivity index (χ0) is 11.3. The fourth-order valence-electron chi connectivity index (χ4n) is 1.06. The Hall–Kier alpha value is -1.86. The third-order valence-corrected chi connectivity index (χ3v) is 1.72. The lowest BCUT2D eigenvalue weighted by atomic mass is 10.1. The van der Waals surface area contributed by atoms with E-state index in [9.17, 15) is 4.79 Å². The Morgan fingerprint density at radius 2 is 2.40 bits per heavy atom. The lowest BCUT2D eigenvalue weighted by molar-refractivity contribution is 0.0690. The summed E-state index contributed by atoms with van der Waals surface area (Å²) in [5.41, 5.74) is 6.60. The molecule has 0 aliphatic rings. The van der Waals surface area contributed by atoms with Gasteiger partial charge in [0.05, 0.1) is 5.56 Å². The second-order valence-corrected chi connectivity index (χ2v) is 3.05. The quantitative estimate of drug-likeness (QED) is 0.698. The first-order chi connectivity index (χ1) is 7.15. The van der Waals surface area contributed by atoms with E-state index < -0.39 is 5.97 Å². The van der Waals surface area contributed by atoms with E-state index in [2.05, 4.69) is 16.8 Å². The van der Waals surface area contributed by atoms with Crippen molar-refractivity contribution in [3.05, 3.63) is 29.1 Å². The van der Waals surface area contributed by atoms with Crippen LogP contribution in [-0.2, 0) is 0 Å². The van der Waals surface area contributed by atoms with E-state index in [-0.39, 0.29) is 5.69 Å². The van der Waals surface area contributed by atoms with Gasteiger partial charge in [-0.1, -0.05) is 11.8 Å². The number of aryl methyl sites for hydroxylation is 1. The van der Waals surface area contributed by atoms with Gasteiger partial charge in [-0.25, -0.2) is 9.78 Å². The van der Waals surface area contributed by atoms with Crippen LogP contribution >= 0.6 is 0 Å². The second-order valence-electron chi connectivity index (χ2n) is 3.05. The predicted octanol–water partition coefficient (Wildman–Crippen LogP) is 0.789. The summed E-state index contributed by atoms with van der Waals surface area (Å²) in [6.45, 7) is 2.31. The van der Waals surface area contributed by atoms with Crippen LogP contribution in [-0.4, -0.2) is 22.6 Å². The molecular weight excluding hydrogens is 192 g/mol. The van der Waals surface area contributed by atoms with Crippen molar-refractivity contribution in [2.24, 2.45) is 5.73 Å². The summed E-state index contributed by atoms with van der Waals surface area (Å²) in [7, 11) is 0. The van der Waals surface area contributed by atoms with Crippen LogP contribution in [0.3, 0.4) is 0 Å². The molecule has 0 spiro atoms. The number of hydrogen-bond donors (Lipinski definition) is 2. The molecule has 0 atom stereocenters. The van der Waals surface area contributed by atoms with Crippen molar-refractivity contribution < 1.29 is 9.90 Å². The van der Waals surface area contributed by atoms with Gasteiger partial charge in [0, 0.05) is 19.2 Å². The van der Waals surface area contributed by atoms with Crippen LogP contribution in [0.2, 0.25) is 0 Å². The number of aromatic carboxylic acids is 1. The van der Waals surface area contributed by atoms with Gasteiger partial charge in [-0.05, 0) is 18.6 Å². The molecule has 1 aromatic rings. The summed E-state index contributed by atoms with van der Waals surface area (Å²) in [4.78, 5) is 14.6. The molecule has 0 saturated heterocycles. The average molecular weight is 204 g/mol. The predicted molar refractivity (Wildman–Crippen MR) is 56.5 cm³/mol. The van der Waals surface area contributed by atoms with Crippen LogP contribution < -0.4 is 5.73 Å². The van der Waals surface area contributed by atoms with Crippen LogP contribution in [0.1, 0.15) is 28.0 Å². The van der Waals surface area contributed by atoms with Gasteiger partial charge in [-0.15, -0.1) is 0 Å². The highest BCUT2D eigenvalue weighted by atomic mass is 16.4. The topological polar surface area (TPSA) is 76.2 Å². The van der Waals surface area contributed by atoms with Crippen LogP contribution in [0, 0.1) is 18.8 Å². The summed E-state index contributed by atoms with van der Waals surface area (Å²) < 4.78 is 0. The third kappa shape index (κ3) is 3.08. The molecule has 0 bridgehead atoms. The summed E-state index contributed by atoms with van der Waals surface area (Å²) in [5.74, 6) is 4.50. The monoisotopic (exact) mass is 204 g/mol. The number of pyridine rings is 1. The van der Waals surface area contributed by atoms with Crippen molar-refractivity contribution in [1.29, 1.82) is 0 Å². The highest BCUT2D eigenvalue weighted by molar-refractivity contribution is 5.88. The molecule has 1 aromatic heterocycles. The molecule has 0 fully saturated rings. The Balaban J connectivity index is 3.09. The molecule has 0 aliphatic carbocycles. The van der Waals surface area contributed by atoms with E-state index in [1.165, 1.54) is 6.20 Å². The summed E-state index contributed by atoms with van der Waals surface area (Å²) in [5, 5.41) is 8.86. The minimum absolute atomic E-state index is 0.00915. The van der Waals surface area contributed by atoms with Gasteiger partial charge >= 0.3 is 5.97 Å². The van der Waals surface area contributed by atoms with Gasteiger partial charge < -0.3 is 10.8 Å². The van der Waals surface area contributed by atoms with Crippen LogP contribution in [0.5, 0.6) is 0 Å². The molecule has 0 aromatic carbocycles. The summed E-state index contributed by atoms with van der Waals surface area (Å²) >= 11 is 0. The molecule has 4 nitrogen and oxygen atoms in total. The first kappa shape index (κ1) is 11.2. The third-order valence-electron chi connectivity index (χ3n) is 1.72. The smallest absolute Gasteiger partial charge is 0.355 e. The van der Waals surface area contributed by atoms with Gasteiger partial charge in [-0.2, -0.15) is 0 Å². The van der Waals surface area contributed by atoms with Gasteiger partial charge in [0.2, 0.25) is 0 Å². The number of nitrogens with zero attached hydrogens (tertiary/aromatic N) is 1.